The zero-order chi connectivity index (χ0) is 30.7. The molecule has 3 N–H and O–H groups in total. The number of aliphatic hydroxyl groups excluding tert-OH is 1. The second-order valence-corrected chi connectivity index (χ2v) is 10.3. The van der Waals surface area contributed by atoms with Gasteiger partial charge in [0.05, 0.1) is 6.61 Å². The maximum atomic E-state index is 14.8. The molecule has 230 valence electrons. The van der Waals surface area contributed by atoms with Gasteiger partial charge in [0, 0.05) is 24.7 Å². The lowest BCUT2D eigenvalue weighted by Gasteiger charge is -2.21. The van der Waals surface area contributed by atoms with Gasteiger partial charge in [-0.15, -0.1) is 0 Å². The molecule has 0 bridgehead atoms. The number of anilines is 2. The van der Waals surface area contributed by atoms with Gasteiger partial charge in [-0.25, -0.2) is 9.59 Å². The fourth-order valence-corrected chi connectivity index (χ4v) is 4.05. The lowest BCUT2D eigenvalue weighted by Crippen LogP contribution is -2.42. The predicted molar refractivity (Wildman–Crippen MR) is 147 cm³/mol. The Balaban J connectivity index is 1.39. The molecule has 1 aliphatic rings. The van der Waals surface area contributed by atoms with Crippen molar-refractivity contribution in [1.82, 2.24) is 9.55 Å². The third-order valence-corrected chi connectivity index (χ3v) is 6.24. The molecule has 1 aromatic heterocycles. The number of carbonyl (C=O) groups excluding carboxylic acids is 3. The van der Waals surface area contributed by atoms with Crippen molar-refractivity contribution in [3.8, 4) is 0 Å². The summed E-state index contributed by atoms with van der Waals surface area (Å²) in [6, 6.07) is 10.2. The average Bonchev–Trinajstić information content (AvgIpc) is 3.16. The van der Waals surface area contributed by atoms with E-state index in [0.29, 0.717) is 36.7 Å². The van der Waals surface area contributed by atoms with Gasteiger partial charge >= 0.3 is 23.7 Å². The number of aromatic nitrogens is 2. The standard InChI is InChI=1S/C28H36F2N4O8/c1-18(2)16-41-27(39)33-21-14-15-34(26(38)32-21)25-28(29,30)24(37)20(42-25)17-40-23(36)13-9-4-3-8-12-22(35)31-19-10-6-5-7-11-19/h5-7,10-11,14-15,18,20,24-25,37H,3-4,8-9,12-13,16-17H2,1-2H3,(H,31,35)(H,32,33,38,39)/t20-,24-,25-/m1/s1. The molecule has 1 aliphatic heterocycles. The summed E-state index contributed by atoms with van der Waals surface area (Å²) in [6.07, 6.45) is -3.23. The van der Waals surface area contributed by atoms with Crippen molar-refractivity contribution in [2.45, 2.75) is 76.7 Å². The number of amides is 2. The minimum atomic E-state index is -3.90. The van der Waals surface area contributed by atoms with Gasteiger partial charge in [-0.1, -0.05) is 44.9 Å². The van der Waals surface area contributed by atoms with Crippen LogP contribution < -0.4 is 16.3 Å². The fourth-order valence-electron chi connectivity index (χ4n) is 4.05. The third-order valence-electron chi connectivity index (χ3n) is 6.24. The van der Waals surface area contributed by atoms with Crippen molar-refractivity contribution in [1.29, 1.82) is 0 Å². The van der Waals surface area contributed by atoms with Crippen LogP contribution in [0.2, 0.25) is 0 Å². The lowest BCUT2D eigenvalue weighted by molar-refractivity contribution is -0.150. The second-order valence-electron chi connectivity index (χ2n) is 10.3. The third kappa shape index (κ3) is 9.58. The first-order chi connectivity index (χ1) is 20.0. The van der Waals surface area contributed by atoms with E-state index in [9.17, 15) is 33.1 Å². The summed E-state index contributed by atoms with van der Waals surface area (Å²) in [5.41, 5.74) is -0.440. The van der Waals surface area contributed by atoms with E-state index in [2.05, 4.69) is 15.6 Å². The van der Waals surface area contributed by atoms with E-state index in [1.807, 2.05) is 32.0 Å². The molecule has 1 aromatic carbocycles. The van der Waals surface area contributed by atoms with Gasteiger partial charge in [0.1, 0.15) is 18.5 Å². The molecule has 0 saturated carbocycles. The number of ether oxygens (including phenoxy) is 3. The molecule has 14 heteroatoms. The van der Waals surface area contributed by atoms with E-state index in [0.717, 1.165) is 18.0 Å². The molecule has 2 aromatic rings. The van der Waals surface area contributed by atoms with E-state index in [1.54, 1.807) is 12.1 Å². The van der Waals surface area contributed by atoms with Crippen LogP contribution in [-0.2, 0) is 23.8 Å². The summed E-state index contributed by atoms with van der Waals surface area (Å²) in [5, 5.41) is 15.2. The van der Waals surface area contributed by atoms with Crippen LogP contribution >= 0.6 is 0 Å². The van der Waals surface area contributed by atoms with Gasteiger partial charge in [0.25, 0.3) is 0 Å². The van der Waals surface area contributed by atoms with E-state index >= 15 is 0 Å². The van der Waals surface area contributed by atoms with E-state index in [-0.39, 0.29) is 30.7 Å². The summed E-state index contributed by atoms with van der Waals surface area (Å²) >= 11 is 0. The molecule has 2 heterocycles. The maximum absolute atomic E-state index is 14.8. The minimum absolute atomic E-state index is 0.0241. The molecule has 3 atom stereocenters. The number of nitrogens with one attached hydrogen (secondary N) is 2. The lowest BCUT2D eigenvalue weighted by atomic mass is 10.1. The highest BCUT2D eigenvalue weighted by atomic mass is 19.3. The highest BCUT2D eigenvalue weighted by Gasteiger charge is 2.60. The highest BCUT2D eigenvalue weighted by molar-refractivity contribution is 5.90. The fraction of sp³-hybridized carbons (Fsp3) is 0.536. The number of unbranched alkanes of at least 4 members (excludes halogenated alkanes) is 3. The summed E-state index contributed by atoms with van der Waals surface area (Å²) in [6.45, 7) is 3.15. The molecule has 42 heavy (non-hydrogen) atoms. The molecular formula is C28H36F2N4O8. The monoisotopic (exact) mass is 594 g/mol. The molecule has 2 amide bonds. The predicted octanol–water partition coefficient (Wildman–Crippen LogP) is 3.86. The van der Waals surface area contributed by atoms with Crippen LogP contribution in [0, 0.1) is 5.92 Å². The second kappa shape index (κ2) is 15.4. The molecule has 0 spiro atoms. The molecule has 12 nitrogen and oxygen atoms in total. The van der Waals surface area contributed by atoms with E-state index in [4.69, 9.17) is 14.2 Å². The summed E-state index contributed by atoms with van der Waals surface area (Å²) in [5.74, 6) is -4.79. The van der Waals surface area contributed by atoms with E-state index < -0.39 is 48.7 Å². The van der Waals surface area contributed by atoms with Crippen molar-refractivity contribution in [2.75, 3.05) is 23.8 Å². The number of aliphatic hydroxyl groups is 1. The Hall–Kier alpha value is -3.91. The number of hydrogen-bond donors (Lipinski definition) is 3. The molecule has 1 fully saturated rings. The first-order valence-electron chi connectivity index (χ1n) is 13.7. The van der Waals surface area contributed by atoms with Crippen molar-refractivity contribution < 1.29 is 42.5 Å². The Labute approximate surface area is 241 Å². The number of rotatable bonds is 14. The van der Waals surface area contributed by atoms with Gasteiger partial charge in [-0.3, -0.25) is 19.5 Å². The number of halogens is 2. The zero-order valence-electron chi connectivity index (χ0n) is 23.5. The molecule has 3 rings (SSSR count). The van der Waals surface area contributed by atoms with Crippen LogP contribution in [0.5, 0.6) is 0 Å². The van der Waals surface area contributed by atoms with Crippen LogP contribution in [0.15, 0.2) is 47.4 Å². The molecule has 0 unspecified atom stereocenters. The number of esters is 1. The molecule has 1 saturated heterocycles. The van der Waals surface area contributed by atoms with Gasteiger partial charge in [-0.05, 0) is 37.0 Å². The Morgan fingerprint density at radius 2 is 1.74 bits per heavy atom. The van der Waals surface area contributed by atoms with Crippen LogP contribution in [-0.4, -0.2) is 64.0 Å². The normalized spacial score (nSPS) is 19.3. The summed E-state index contributed by atoms with van der Waals surface area (Å²) in [7, 11) is 0. The number of para-hydroxylation sites is 1. The highest BCUT2D eigenvalue weighted by Crippen LogP contribution is 2.42. The topological polar surface area (TPSA) is 158 Å². The minimum Gasteiger partial charge on any atom is -0.463 e. The SMILES string of the molecule is CC(C)COC(=O)Nc1ccn([C@@H]2O[C@H](COC(=O)CCCCCCC(=O)Nc3ccccc3)[C@@H](O)C2(F)F)c(=O)n1. The van der Waals surface area contributed by atoms with Crippen molar-refractivity contribution >= 4 is 29.5 Å². The van der Waals surface area contributed by atoms with Crippen molar-refractivity contribution in [3.63, 3.8) is 0 Å². The largest absolute Gasteiger partial charge is 0.463 e. The molecule has 0 aliphatic carbocycles. The Kier molecular flexibility index (Phi) is 11.9. The van der Waals surface area contributed by atoms with Crippen LogP contribution in [0.1, 0.15) is 58.6 Å². The Bertz CT molecular complexity index is 1260. The number of hydrogen-bond acceptors (Lipinski definition) is 9. The molecular weight excluding hydrogens is 558 g/mol. The molecule has 0 radical (unpaired) electrons. The van der Waals surface area contributed by atoms with Crippen molar-refractivity contribution in [2.24, 2.45) is 5.92 Å². The zero-order valence-corrected chi connectivity index (χ0v) is 23.5. The van der Waals surface area contributed by atoms with Crippen LogP contribution in [0.4, 0.5) is 25.1 Å². The van der Waals surface area contributed by atoms with Gasteiger partial charge in [-0.2, -0.15) is 13.8 Å². The van der Waals surface area contributed by atoms with Crippen molar-refractivity contribution in [3.05, 3.63) is 53.1 Å². The number of alkyl halides is 2. The summed E-state index contributed by atoms with van der Waals surface area (Å²) in [4.78, 5) is 51.8. The van der Waals surface area contributed by atoms with Crippen LogP contribution in [0.25, 0.3) is 0 Å². The number of carbonyl (C=O) groups is 3. The van der Waals surface area contributed by atoms with Gasteiger partial charge in [0.2, 0.25) is 12.1 Å². The Morgan fingerprint density at radius 3 is 2.40 bits per heavy atom. The number of benzene rings is 1. The average molecular weight is 595 g/mol. The first-order valence-corrected chi connectivity index (χ1v) is 13.7. The number of nitrogens with zero attached hydrogens (tertiary/aromatic N) is 2. The van der Waals surface area contributed by atoms with E-state index in [1.165, 1.54) is 0 Å². The van der Waals surface area contributed by atoms with Gasteiger partial charge < -0.3 is 24.6 Å². The van der Waals surface area contributed by atoms with Gasteiger partial charge in [0.15, 0.2) is 6.10 Å². The Morgan fingerprint density at radius 1 is 1.05 bits per heavy atom. The van der Waals surface area contributed by atoms with Crippen LogP contribution in [0.3, 0.4) is 0 Å². The first kappa shape index (κ1) is 32.6. The smallest absolute Gasteiger partial charge is 0.412 e. The summed E-state index contributed by atoms with van der Waals surface area (Å²) < 4.78 is 45.3. The quantitative estimate of drug-likeness (QED) is 0.218. The maximum Gasteiger partial charge on any atom is 0.412 e.